The van der Waals surface area contributed by atoms with E-state index in [0.717, 1.165) is 17.4 Å². The third-order valence-corrected chi connectivity index (χ3v) is 11.2. The lowest BCUT2D eigenvalue weighted by Crippen LogP contribution is -2.70. The van der Waals surface area contributed by atoms with E-state index in [0.29, 0.717) is 11.8 Å². The monoisotopic (exact) mass is 554 g/mol. The van der Waals surface area contributed by atoms with Gasteiger partial charge in [0.05, 0.1) is 6.10 Å². The number of carbonyl (C=O) groups excluding carboxylic acids is 3. The summed E-state index contributed by atoms with van der Waals surface area (Å²) in [6, 6.07) is 2.17. The van der Waals surface area contributed by atoms with Gasteiger partial charge in [0.25, 0.3) is 0 Å². The number of carbonyl (C=O) groups is 3. The van der Waals surface area contributed by atoms with Crippen LogP contribution in [-0.4, -0.2) is 51.5 Å². The van der Waals surface area contributed by atoms with Gasteiger partial charge < -0.3 is 9.84 Å². The van der Waals surface area contributed by atoms with Gasteiger partial charge >= 0.3 is 5.97 Å². The Kier molecular flexibility index (Phi) is 6.35. The fraction of sp³-hybridized carbons (Fsp3) is 0.593. The van der Waals surface area contributed by atoms with Crippen LogP contribution >= 0.6 is 23.1 Å². The number of ketones is 1. The fourth-order valence-corrected chi connectivity index (χ4v) is 9.35. The molecule has 10 heteroatoms. The minimum atomic E-state index is -2.33. The maximum Gasteiger partial charge on any atom is 0.349 e. The number of halogens is 3. The molecule has 5 rings (SSSR count). The van der Waals surface area contributed by atoms with Crippen LogP contribution in [0, 0.1) is 28.6 Å². The van der Waals surface area contributed by atoms with Crippen molar-refractivity contribution in [3.8, 4) is 0 Å². The highest BCUT2D eigenvalue weighted by Crippen LogP contribution is 2.72. The molecular formula is C27H29F3O5S2. The van der Waals surface area contributed by atoms with E-state index in [4.69, 9.17) is 4.74 Å². The molecule has 1 N–H and O–H groups in total. The predicted octanol–water partition coefficient (Wildman–Crippen LogP) is 5.40. The maximum atomic E-state index is 17.4. The number of thioether (sulfide) groups is 1. The lowest BCUT2D eigenvalue weighted by Gasteiger charge is -2.63. The molecule has 0 amide bonds. The highest BCUT2D eigenvalue weighted by Gasteiger charge is 2.78. The highest BCUT2D eigenvalue weighted by molar-refractivity contribution is 8.13. The number of rotatable bonds is 4. The normalized spacial score (nSPS) is 44.5. The number of ether oxygens (including phenoxy) is 1. The van der Waals surface area contributed by atoms with E-state index < -0.39 is 75.0 Å². The standard InChI is InChI=1S/C27H29F3O5S2/c1-14-9-16-17-11-19(29)18-10-15(31)6-7-24(18,2)26(17,30)21(32)12-25(16,3)27(14,23(34)37-13-28)35-22(33)20-5-4-8-36-20/h4-8,10,14,16-17,19,21,32H,9,11-13H2,1-3H3/t14-,16+,17+,19+,21+,24+,25+,26+,27+/m1/s1. The Balaban J connectivity index is 1.64. The molecule has 3 saturated carbocycles. The summed E-state index contributed by atoms with van der Waals surface area (Å²) in [6.07, 6.45) is 0.0567. The van der Waals surface area contributed by atoms with Crippen LogP contribution in [0.2, 0.25) is 0 Å². The van der Waals surface area contributed by atoms with Gasteiger partial charge in [0.1, 0.15) is 17.1 Å². The zero-order chi connectivity index (χ0) is 27.0. The zero-order valence-corrected chi connectivity index (χ0v) is 22.3. The van der Waals surface area contributed by atoms with Gasteiger partial charge in [-0.1, -0.05) is 26.0 Å². The summed E-state index contributed by atoms with van der Waals surface area (Å²) in [4.78, 5) is 39.1. The second-order valence-corrected chi connectivity index (χ2v) is 13.0. The highest BCUT2D eigenvalue weighted by atomic mass is 32.2. The molecule has 4 aliphatic carbocycles. The second kappa shape index (κ2) is 8.81. The Bertz CT molecular complexity index is 1200. The first-order chi connectivity index (χ1) is 17.4. The van der Waals surface area contributed by atoms with Gasteiger partial charge in [-0.2, -0.15) is 0 Å². The summed E-state index contributed by atoms with van der Waals surface area (Å²) in [6.45, 7) is 4.87. The van der Waals surface area contributed by atoms with Crippen molar-refractivity contribution < 1.29 is 37.4 Å². The molecular weight excluding hydrogens is 525 g/mol. The summed E-state index contributed by atoms with van der Waals surface area (Å²) in [5, 5.41) is 12.5. The topological polar surface area (TPSA) is 80.7 Å². The first kappa shape index (κ1) is 26.7. The Morgan fingerprint density at radius 1 is 1.27 bits per heavy atom. The molecule has 3 fully saturated rings. The SMILES string of the molecule is C[C@@H]1C[C@H]2[C@@H]3C[C@H](F)C4=CC(=O)C=C[C@]4(C)[C@@]3(F)[C@@H](O)C[C@]2(C)[C@@]1(OC(=O)c1cccs1)C(=O)SCF. The van der Waals surface area contributed by atoms with Crippen LogP contribution in [0.25, 0.3) is 0 Å². The van der Waals surface area contributed by atoms with E-state index in [1.807, 2.05) is 0 Å². The van der Waals surface area contributed by atoms with Gasteiger partial charge in [0, 0.05) is 22.7 Å². The molecule has 0 radical (unpaired) electrons. The van der Waals surface area contributed by atoms with Crippen molar-refractivity contribution in [2.45, 2.75) is 63.6 Å². The van der Waals surface area contributed by atoms with Crippen LogP contribution in [0.3, 0.4) is 0 Å². The molecule has 9 atom stereocenters. The van der Waals surface area contributed by atoms with Crippen molar-refractivity contribution >= 4 is 40.0 Å². The van der Waals surface area contributed by atoms with E-state index in [9.17, 15) is 23.9 Å². The Morgan fingerprint density at radius 2 is 2.00 bits per heavy atom. The molecule has 1 aromatic rings. The van der Waals surface area contributed by atoms with E-state index in [2.05, 4.69) is 0 Å². The van der Waals surface area contributed by atoms with Crippen LogP contribution in [0.1, 0.15) is 49.7 Å². The number of aliphatic hydroxyl groups is 1. The second-order valence-electron chi connectivity index (χ2n) is 11.1. The minimum absolute atomic E-state index is 0.00639. The zero-order valence-electron chi connectivity index (χ0n) is 20.7. The summed E-state index contributed by atoms with van der Waals surface area (Å²) in [5.41, 5.74) is -7.02. The number of alkyl halides is 3. The molecule has 5 nitrogen and oxygen atoms in total. The number of aliphatic hydroxyl groups excluding tert-OH is 1. The maximum absolute atomic E-state index is 17.4. The van der Waals surface area contributed by atoms with Crippen molar-refractivity contribution in [1.82, 2.24) is 0 Å². The number of hydrogen-bond donors (Lipinski definition) is 1. The Morgan fingerprint density at radius 3 is 2.65 bits per heavy atom. The molecule has 1 heterocycles. The average molecular weight is 555 g/mol. The fourth-order valence-electron chi connectivity index (χ4n) is 7.97. The molecule has 1 aromatic heterocycles. The van der Waals surface area contributed by atoms with Gasteiger partial charge in [0.15, 0.2) is 17.1 Å². The van der Waals surface area contributed by atoms with Crippen LogP contribution in [0.15, 0.2) is 41.3 Å². The van der Waals surface area contributed by atoms with Gasteiger partial charge in [-0.05, 0) is 73.0 Å². The summed E-state index contributed by atoms with van der Waals surface area (Å²) >= 11 is 1.52. The van der Waals surface area contributed by atoms with Gasteiger partial charge in [-0.25, -0.2) is 18.0 Å². The van der Waals surface area contributed by atoms with E-state index in [-0.39, 0.29) is 29.7 Å². The molecule has 0 spiro atoms. The van der Waals surface area contributed by atoms with Crippen molar-refractivity contribution in [2.75, 3.05) is 6.01 Å². The van der Waals surface area contributed by atoms with Crippen molar-refractivity contribution in [3.63, 3.8) is 0 Å². The molecule has 0 unspecified atom stereocenters. The molecule has 0 aliphatic heterocycles. The van der Waals surface area contributed by atoms with Crippen molar-refractivity contribution in [1.29, 1.82) is 0 Å². The Hall–Kier alpha value is -1.91. The van der Waals surface area contributed by atoms with E-state index >= 15 is 8.78 Å². The number of hydrogen-bond acceptors (Lipinski definition) is 7. The van der Waals surface area contributed by atoms with Gasteiger partial charge in [-0.15, -0.1) is 11.3 Å². The lowest BCUT2D eigenvalue weighted by atomic mass is 9.44. The van der Waals surface area contributed by atoms with Crippen LogP contribution < -0.4 is 0 Å². The van der Waals surface area contributed by atoms with Gasteiger partial charge in [-0.3, -0.25) is 9.59 Å². The molecule has 200 valence electrons. The number of esters is 1. The summed E-state index contributed by atoms with van der Waals surface area (Å²) in [5.74, 6) is -3.52. The average Bonchev–Trinajstić information content (AvgIpc) is 3.45. The minimum Gasteiger partial charge on any atom is -0.445 e. The van der Waals surface area contributed by atoms with E-state index in [1.165, 1.54) is 19.1 Å². The number of allylic oxidation sites excluding steroid dienone is 4. The number of thiophene rings is 1. The van der Waals surface area contributed by atoms with E-state index in [1.54, 1.807) is 31.4 Å². The Labute approximate surface area is 221 Å². The molecule has 4 aliphatic rings. The largest absolute Gasteiger partial charge is 0.445 e. The number of fused-ring (bicyclic) bond motifs is 5. The smallest absolute Gasteiger partial charge is 0.349 e. The molecule has 0 saturated heterocycles. The quantitative estimate of drug-likeness (QED) is 0.503. The lowest BCUT2D eigenvalue weighted by molar-refractivity contribution is -0.221. The van der Waals surface area contributed by atoms with Crippen LogP contribution in [0.5, 0.6) is 0 Å². The third-order valence-electron chi connectivity index (χ3n) is 9.63. The predicted molar refractivity (Wildman–Crippen MR) is 134 cm³/mol. The third kappa shape index (κ3) is 3.37. The molecule has 0 aromatic carbocycles. The first-order valence-corrected chi connectivity index (χ1v) is 14.2. The summed E-state index contributed by atoms with van der Waals surface area (Å²) in [7, 11) is 0. The van der Waals surface area contributed by atoms with Crippen molar-refractivity contribution in [3.05, 3.63) is 46.2 Å². The van der Waals surface area contributed by atoms with Crippen LogP contribution in [-0.2, 0) is 14.3 Å². The van der Waals surface area contributed by atoms with Crippen LogP contribution in [0.4, 0.5) is 13.2 Å². The van der Waals surface area contributed by atoms with Crippen molar-refractivity contribution in [2.24, 2.45) is 28.6 Å². The molecule has 0 bridgehead atoms. The summed E-state index contributed by atoms with van der Waals surface area (Å²) < 4.78 is 52.5. The van der Waals surface area contributed by atoms with Gasteiger partial charge in [0.2, 0.25) is 5.12 Å². The first-order valence-electron chi connectivity index (χ1n) is 12.3. The molecule has 37 heavy (non-hydrogen) atoms.